The van der Waals surface area contributed by atoms with Gasteiger partial charge in [-0.1, -0.05) is 17.7 Å². The molecule has 1 aliphatic heterocycles. The number of hydrogen-bond donors (Lipinski definition) is 0. The molecule has 3 nitrogen and oxygen atoms in total. The van der Waals surface area contributed by atoms with Crippen LogP contribution in [0.5, 0.6) is 0 Å². The first kappa shape index (κ1) is 15.2. The van der Waals surface area contributed by atoms with Crippen LogP contribution in [0.3, 0.4) is 0 Å². The molecule has 116 valence electrons. The van der Waals surface area contributed by atoms with Gasteiger partial charge in [0, 0.05) is 36.0 Å². The molecule has 0 radical (unpaired) electrons. The first-order chi connectivity index (χ1) is 10.1. The average molecular weight is 314 g/mol. The molecule has 0 N–H and O–H groups in total. The molecule has 2 fully saturated rings. The number of rotatable bonds is 3. The standard InChI is InChI=1S/C16H21ClFNO2/c1-19(11-13-14(17)3-2-4-15(13)18)12-5-7-16(8-6-12)20-9-10-21-16/h2-4,12H,5-11H2,1H3. The van der Waals surface area contributed by atoms with Crippen molar-refractivity contribution < 1.29 is 13.9 Å². The van der Waals surface area contributed by atoms with Crippen LogP contribution in [0.25, 0.3) is 0 Å². The molecular formula is C16H21ClFNO2. The van der Waals surface area contributed by atoms with Gasteiger partial charge in [0.05, 0.1) is 13.2 Å². The Morgan fingerprint density at radius 1 is 1.29 bits per heavy atom. The Balaban J connectivity index is 1.60. The Bertz CT molecular complexity index is 475. The normalized spacial score (nSPS) is 22.3. The smallest absolute Gasteiger partial charge is 0.168 e. The summed E-state index contributed by atoms with van der Waals surface area (Å²) in [6, 6.07) is 5.26. The predicted octanol–water partition coefficient (Wildman–Crippen LogP) is 3.60. The van der Waals surface area contributed by atoms with Gasteiger partial charge in [0.15, 0.2) is 5.79 Å². The highest BCUT2D eigenvalue weighted by Gasteiger charge is 2.41. The molecular weight excluding hydrogens is 293 g/mol. The number of halogens is 2. The quantitative estimate of drug-likeness (QED) is 0.851. The highest BCUT2D eigenvalue weighted by atomic mass is 35.5. The lowest BCUT2D eigenvalue weighted by Crippen LogP contribution is -2.42. The van der Waals surface area contributed by atoms with Gasteiger partial charge in [-0.05, 0) is 32.0 Å². The van der Waals surface area contributed by atoms with Crippen LogP contribution < -0.4 is 0 Å². The van der Waals surface area contributed by atoms with Crippen LogP contribution in [0.15, 0.2) is 18.2 Å². The Hall–Kier alpha value is -0.680. The van der Waals surface area contributed by atoms with E-state index in [9.17, 15) is 4.39 Å². The lowest BCUT2D eigenvalue weighted by Gasteiger charge is -2.39. The summed E-state index contributed by atoms with van der Waals surface area (Å²) in [5.74, 6) is -0.573. The maximum atomic E-state index is 13.9. The lowest BCUT2D eigenvalue weighted by atomic mass is 9.89. The number of ether oxygens (including phenoxy) is 2. The van der Waals surface area contributed by atoms with Crippen molar-refractivity contribution in [1.82, 2.24) is 4.90 Å². The third kappa shape index (κ3) is 3.24. The van der Waals surface area contributed by atoms with Crippen molar-refractivity contribution in [2.24, 2.45) is 0 Å². The third-order valence-corrected chi connectivity index (χ3v) is 4.98. The Kier molecular flexibility index (Phi) is 4.50. The second-order valence-corrected chi connectivity index (χ2v) is 6.36. The molecule has 1 spiro atoms. The number of hydrogen-bond acceptors (Lipinski definition) is 3. The van der Waals surface area contributed by atoms with Crippen molar-refractivity contribution in [3.8, 4) is 0 Å². The first-order valence-electron chi connectivity index (χ1n) is 7.51. The van der Waals surface area contributed by atoms with E-state index in [1.807, 2.05) is 7.05 Å². The molecule has 3 rings (SSSR count). The molecule has 1 aliphatic carbocycles. The van der Waals surface area contributed by atoms with Gasteiger partial charge in [-0.3, -0.25) is 4.90 Å². The van der Waals surface area contributed by atoms with E-state index in [1.54, 1.807) is 12.1 Å². The molecule has 2 aliphatic rings. The first-order valence-corrected chi connectivity index (χ1v) is 7.88. The topological polar surface area (TPSA) is 21.7 Å². The van der Waals surface area contributed by atoms with E-state index in [0.29, 0.717) is 36.4 Å². The van der Waals surface area contributed by atoms with Crippen molar-refractivity contribution in [3.05, 3.63) is 34.6 Å². The van der Waals surface area contributed by atoms with Gasteiger partial charge in [0.25, 0.3) is 0 Å². The third-order valence-electron chi connectivity index (χ3n) is 4.62. The van der Waals surface area contributed by atoms with Crippen LogP contribution in [0.4, 0.5) is 4.39 Å². The summed E-state index contributed by atoms with van der Waals surface area (Å²) in [6.07, 6.45) is 3.82. The summed E-state index contributed by atoms with van der Waals surface area (Å²) in [5, 5.41) is 0.497. The van der Waals surface area contributed by atoms with Crippen LogP contribution in [-0.2, 0) is 16.0 Å². The SMILES string of the molecule is CN(Cc1c(F)cccc1Cl)C1CCC2(CC1)OCCO2. The average Bonchev–Trinajstić information content (AvgIpc) is 2.92. The molecule has 5 heteroatoms. The summed E-state index contributed by atoms with van der Waals surface area (Å²) in [5.41, 5.74) is 0.579. The summed E-state index contributed by atoms with van der Waals surface area (Å²) >= 11 is 6.10. The van der Waals surface area contributed by atoms with Gasteiger partial charge in [0.1, 0.15) is 5.82 Å². The van der Waals surface area contributed by atoms with Crippen molar-refractivity contribution in [2.45, 2.75) is 44.1 Å². The minimum atomic E-state index is -0.340. The van der Waals surface area contributed by atoms with Crippen molar-refractivity contribution in [3.63, 3.8) is 0 Å². The summed E-state index contributed by atoms with van der Waals surface area (Å²) in [7, 11) is 2.03. The molecule has 1 heterocycles. The predicted molar refractivity (Wildman–Crippen MR) is 79.8 cm³/mol. The van der Waals surface area contributed by atoms with Crippen LogP contribution >= 0.6 is 11.6 Å². The van der Waals surface area contributed by atoms with E-state index >= 15 is 0 Å². The van der Waals surface area contributed by atoms with Crippen LogP contribution in [-0.4, -0.2) is 37.0 Å². The second kappa shape index (κ2) is 6.21. The summed E-state index contributed by atoms with van der Waals surface area (Å²) in [4.78, 5) is 2.19. The van der Waals surface area contributed by atoms with E-state index in [-0.39, 0.29) is 11.6 Å². The van der Waals surface area contributed by atoms with Crippen LogP contribution in [0.2, 0.25) is 5.02 Å². The van der Waals surface area contributed by atoms with E-state index in [1.165, 1.54) is 6.07 Å². The Morgan fingerprint density at radius 3 is 2.57 bits per heavy atom. The van der Waals surface area contributed by atoms with Gasteiger partial charge in [-0.25, -0.2) is 4.39 Å². The monoisotopic (exact) mass is 313 g/mol. The molecule has 0 aromatic heterocycles. The van der Waals surface area contributed by atoms with E-state index in [0.717, 1.165) is 25.7 Å². The largest absolute Gasteiger partial charge is 0.348 e. The van der Waals surface area contributed by atoms with Gasteiger partial charge < -0.3 is 9.47 Å². The summed E-state index contributed by atoms with van der Waals surface area (Å²) < 4.78 is 25.4. The molecule has 21 heavy (non-hydrogen) atoms. The minimum Gasteiger partial charge on any atom is -0.348 e. The summed E-state index contributed by atoms with van der Waals surface area (Å²) in [6.45, 7) is 1.93. The van der Waals surface area contributed by atoms with Gasteiger partial charge in [0.2, 0.25) is 0 Å². The maximum absolute atomic E-state index is 13.9. The highest BCUT2D eigenvalue weighted by Crippen LogP contribution is 2.37. The zero-order valence-electron chi connectivity index (χ0n) is 12.3. The molecule has 1 saturated carbocycles. The molecule has 1 aromatic carbocycles. The zero-order valence-corrected chi connectivity index (χ0v) is 13.0. The molecule has 0 unspecified atom stereocenters. The zero-order chi connectivity index (χ0) is 14.9. The fourth-order valence-corrected chi connectivity index (χ4v) is 3.55. The maximum Gasteiger partial charge on any atom is 0.168 e. The van der Waals surface area contributed by atoms with Gasteiger partial charge in [-0.2, -0.15) is 0 Å². The second-order valence-electron chi connectivity index (χ2n) is 5.95. The van der Waals surface area contributed by atoms with Gasteiger partial charge in [-0.15, -0.1) is 0 Å². The molecule has 1 aromatic rings. The molecule has 0 bridgehead atoms. The van der Waals surface area contributed by atoms with Gasteiger partial charge >= 0.3 is 0 Å². The van der Waals surface area contributed by atoms with E-state index < -0.39 is 0 Å². The van der Waals surface area contributed by atoms with Crippen molar-refractivity contribution in [2.75, 3.05) is 20.3 Å². The van der Waals surface area contributed by atoms with Crippen molar-refractivity contribution >= 4 is 11.6 Å². The fourth-order valence-electron chi connectivity index (χ4n) is 3.33. The highest BCUT2D eigenvalue weighted by molar-refractivity contribution is 6.31. The lowest BCUT2D eigenvalue weighted by molar-refractivity contribution is -0.183. The molecule has 0 amide bonds. The van der Waals surface area contributed by atoms with E-state index in [4.69, 9.17) is 21.1 Å². The Morgan fingerprint density at radius 2 is 1.95 bits per heavy atom. The number of benzene rings is 1. The van der Waals surface area contributed by atoms with Crippen LogP contribution in [0.1, 0.15) is 31.2 Å². The number of nitrogens with zero attached hydrogens (tertiary/aromatic N) is 1. The fraction of sp³-hybridized carbons (Fsp3) is 0.625. The molecule has 1 saturated heterocycles. The molecule has 0 atom stereocenters. The van der Waals surface area contributed by atoms with Crippen LogP contribution in [0, 0.1) is 5.82 Å². The van der Waals surface area contributed by atoms with Crippen molar-refractivity contribution in [1.29, 1.82) is 0 Å². The van der Waals surface area contributed by atoms with E-state index in [2.05, 4.69) is 4.90 Å². The Labute approximate surface area is 130 Å². The minimum absolute atomic E-state index is 0.232.